The van der Waals surface area contributed by atoms with Gasteiger partial charge in [-0.05, 0) is 87.8 Å². The normalized spacial score (nSPS) is 33.7. The van der Waals surface area contributed by atoms with Crippen LogP contribution in [0.5, 0.6) is 11.5 Å². The predicted molar refractivity (Wildman–Crippen MR) is 96.5 cm³/mol. The van der Waals surface area contributed by atoms with Crippen LogP contribution in [0.1, 0.15) is 57.9 Å². The van der Waals surface area contributed by atoms with Gasteiger partial charge < -0.3 is 14.8 Å². The molecule has 1 aromatic carbocycles. The van der Waals surface area contributed by atoms with Gasteiger partial charge in [0.1, 0.15) is 0 Å². The van der Waals surface area contributed by atoms with Gasteiger partial charge in [-0.15, -0.1) is 0 Å². The average molecular weight is 329 g/mol. The minimum atomic E-state index is 0.416. The Morgan fingerprint density at radius 1 is 0.917 bits per heavy atom. The fourth-order valence-corrected chi connectivity index (χ4v) is 5.82. The summed E-state index contributed by atoms with van der Waals surface area (Å²) < 4.78 is 11.5. The second-order valence-corrected chi connectivity index (χ2v) is 8.20. The van der Waals surface area contributed by atoms with Crippen LogP contribution in [-0.2, 0) is 6.54 Å². The van der Waals surface area contributed by atoms with Crippen molar-refractivity contribution in [3.05, 3.63) is 23.8 Å². The number of ether oxygens (including phenoxy) is 2. The summed E-state index contributed by atoms with van der Waals surface area (Å²) in [5.74, 6) is 4.70. The van der Waals surface area contributed by atoms with Gasteiger partial charge in [-0.1, -0.05) is 6.07 Å². The third-order valence-electron chi connectivity index (χ3n) is 6.31. The highest BCUT2D eigenvalue weighted by Crippen LogP contribution is 2.55. The first kappa shape index (κ1) is 16.3. The number of benzene rings is 1. The summed E-state index contributed by atoms with van der Waals surface area (Å²) in [6.07, 6.45) is 8.69. The van der Waals surface area contributed by atoms with Gasteiger partial charge in [0.05, 0.1) is 13.2 Å². The van der Waals surface area contributed by atoms with E-state index >= 15 is 0 Å². The van der Waals surface area contributed by atoms with Gasteiger partial charge in [0, 0.05) is 12.1 Å². The van der Waals surface area contributed by atoms with Gasteiger partial charge in [0.25, 0.3) is 0 Å². The molecule has 0 heterocycles. The van der Waals surface area contributed by atoms with E-state index in [2.05, 4.69) is 23.5 Å². The lowest BCUT2D eigenvalue weighted by Gasteiger charge is -2.57. The number of hydrogen-bond acceptors (Lipinski definition) is 3. The van der Waals surface area contributed by atoms with E-state index in [1.165, 1.54) is 44.1 Å². The van der Waals surface area contributed by atoms with Crippen molar-refractivity contribution in [2.24, 2.45) is 17.8 Å². The van der Waals surface area contributed by atoms with E-state index in [1.807, 2.05) is 13.8 Å². The summed E-state index contributed by atoms with van der Waals surface area (Å²) in [6.45, 7) is 6.32. The van der Waals surface area contributed by atoms with Crippen LogP contribution < -0.4 is 14.8 Å². The second kappa shape index (κ2) is 6.59. The molecule has 4 saturated carbocycles. The van der Waals surface area contributed by atoms with Crippen LogP contribution in [-0.4, -0.2) is 18.8 Å². The minimum absolute atomic E-state index is 0.416. The van der Waals surface area contributed by atoms with Crippen molar-refractivity contribution in [3.8, 4) is 11.5 Å². The van der Waals surface area contributed by atoms with Crippen molar-refractivity contribution in [3.63, 3.8) is 0 Å². The van der Waals surface area contributed by atoms with Gasteiger partial charge >= 0.3 is 0 Å². The largest absolute Gasteiger partial charge is 0.490 e. The molecule has 24 heavy (non-hydrogen) atoms. The maximum Gasteiger partial charge on any atom is 0.161 e. The van der Waals surface area contributed by atoms with Crippen LogP contribution in [0.25, 0.3) is 0 Å². The summed E-state index contributed by atoms with van der Waals surface area (Å²) in [6, 6.07) is 6.40. The molecular formula is C21H31NO2. The molecule has 0 atom stereocenters. The Morgan fingerprint density at radius 3 is 2.08 bits per heavy atom. The van der Waals surface area contributed by atoms with Crippen molar-refractivity contribution < 1.29 is 9.47 Å². The smallest absolute Gasteiger partial charge is 0.161 e. The summed E-state index contributed by atoms with van der Waals surface area (Å²) in [4.78, 5) is 0. The highest BCUT2D eigenvalue weighted by molar-refractivity contribution is 5.43. The molecule has 5 rings (SSSR count). The molecule has 0 amide bonds. The minimum Gasteiger partial charge on any atom is -0.490 e. The molecule has 4 fully saturated rings. The van der Waals surface area contributed by atoms with Crippen molar-refractivity contribution in [2.45, 2.75) is 64.5 Å². The van der Waals surface area contributed by atoms with Crippen LogP contribution in [0, 0.1) is 17.8 Å². The first-order valence-electron chi connectivity index (χ1n) is 9.83. The first-order chi connectivity index (χ1) is 11.7. The van der Waals surface area contributed by atoms with E-state index in [1.54, 1.807) is 0 Å². The van der Waals surface area contributed by atoms with E-state index < -0.39 is 0 Å². The number of nitrogens with one attached hydrogen (secondary N) is 1. The number of rotatable bonds is 7. The summed E-state index contributed by atoms with van der Waals surface area (Å²) >= 11 is 0. The third-order valence-corrected chi connectivity index (χ3v) is 6.31. The quantitative estimate of drug-likeness (QED) is 0.796. The summed E-state index contributed by atoms with van der Waals surface area (Å²) in [7, 11) is 0. The average Bonchev–Trinajstić information content (AvgIpc) is 2.54. The molecule has 0 saturated heterocycles. The zero-order valence-corrected chi connectivity index (χ0v) is 15.1. The zero-order chi connectivity index (χ0) is 16.6. The van der Waals surface area contributed by atoms with Gasteiger partial charge in [0.15, 0.2) is 11.5 Å². The molecule has 4 bridgehead atoms. The summed E-state index contributed by atoms with van der Waals surface area (Å²) in [5.41, 5.74) is 1.72. The summed E-state index contributed by atoms with van der Waals surface area (Å²) in [5, 5.41) is 3.97. The number of hydrogen-bond donors (Lipinski definition) is 1. The van der Waals surface area contributed by atoms with Crippen molar-refractivity contribution in [1.82, 2.24) is 5.32 Å². The van der Waals surface area contributed by atoms with Crippen LogP contribution >= 0.6 is 0 Å². The fraction of sp³-hybridized carbons (Fsp3) is 0.714. The standard InChI is InChI=1S/C21H31NO2/c1-3-23-19-6-5-15(10-20(19)24-4-2)14-22-21-11-16-7-17(12-21)9-18(8-16)13-21/h5-6,10,16-18,22H,3-4,7-9,11-14H2,1-2H3. The van der Waals surface area contributed by atoms with Gasteiger partial charge in [-0.3, -0.25) is 0 Å². The zero-order valence-electron chi connectivity index (χ0n) is 15.1. The Kier molecular flexibility index (Phi) is 4.46. The molecule has 0 aromatic heterocycles. The van der Waals surface area contributed by atoms with E-state index in [0.29, 0.717) is 18.8 Å². The van der Waals surface area contributed by atoms with Crippen molar-refractivity contribution in [2.75, 3.05) is 13.2 Å². The topological polar surface area (TPSA) is 30.5 Å². The lowest BCUT2D eigenvalue weighted by atomic mass is 9.53. The Hall–Kier alpha value is -1.22. The Bertz CT molecular complexity index is 548. The molecule has 1 N–H and O–H groups in total. The molecule has 132 valence electrons. The monoisotopic (exact) mass is 329 g/mol. The molecule has 3 heteroatoms. The molecule has 4 aliphatic rings. The van der Waals surface area contributed by atoms with E-state index in [9.17, 15) is 0 Å². The molecule has 4 aliphatic carbocycles. The first-order valence-corrected chi connectivity index (χ1v) is 9.83. The molecule has 1 aromatic rings. The molecule has 3 nitrogen and oxygen atoms in total. The van der Waals surface area contributed by atoms with Crippen molar-refractivity contribution >= 4 is 0 Å². The highest BCUT2D eigenvalue weighted by Gasteiger charge is 2.50. The molecule has 0 radical (unpaired) electrons. The van der Waals surface area contributed by atoms with Gasteiger partial charge in [0.2, 0.25) is 0 Å². The van der Waals surface area contributed by atoms with E-state index in [-0.39, 0.29) is 0 Å². The van der Waals surface area contributed by atoms with Crippen molar-refractivity contribution in [1.29, 1.82) is 0 Å². The van der Waals surface area contributed by atoms with E-state index in [4.69, 9.17) is 9.47 Å². The maximum absolute atomic E-state index is 5.77. The maximum atomic E-state index is 5.77. The highest BCUT2D eigenvalue weighted by atomic mass is 16.5. The Morgan fingerprint density at radius 2 is 1.50 bits per heavy atom. The second-order valence-electron chi connectivity index (χ2n) is 8.20. The van der Waals surface area contributed by atoms with Crippen LogP contribution in [0.15, 0.2) is 18.2 Å². The Balaban J connectivity index is 1.45. The lowest BCUT2D eigenvalue weighted by molar-refractivity contribution is -0.0206. The van der Waals surface area contributed by atoms with Crippen LogP contribution in [0.4, 0.5) is 0 Å². The molecule has 0 aliphatic heterocycles. The van der Waals surface area contributed by atoms with Gasteiger partial charge in [-0.2, -0.15) is 0 Å². The third kappa shape index (κ3) is 3.15. The molecule has 0 spiro atoms. The van der Waals surface area contributed by atoms with Crippen LogP contribution in [0.3, 0.4) is 0 Å². The Labute approximate surface area is 146 Å². The van der Waals surface area contributed by atoms with E-state index in [0.717, 1.165) is 35.8 Å². The molecular weight excluding hydrogens is 298 g/mol. The predicted octanol–water partition coefficient (Wildman–Crippen LogP) is 4.54. The fourth-order valence-electron chi connectivity index (χ4n) is 5.82. The van der Waals surface area contributed by atoms with Gasteiger partial charge in [-0.25, -0.2) is 0 Å². The molecule has 0 unspecified atom stereocenters. The van der Waals surface area contributed by atoms with Crippen LogP contribution in [0.2, 0.25) is 0 Å². The lowest BCUT2D eigenvalue weighted by Crippen LogP contribution is -2.58. The SMILES string of the molecule is CCOc1ccc(CNC23CC4CC(CC(C4)C2)C3)cc1OCC.